The van der Waals surface area contributed by atoms with Crippen LogP contribution in [0.4, 0.5) is 8.22 Å². The average molecular weight is 98.2 g/mol. The van der Waals surface area contributed by atoms with E-state index in [0.717, 1.165) is 0 Å². The molecule has 26 valence electrons. The lowest BCUT2D eigenvalue weighted by molar-refractivity contribution is 0.698. The first kappa shape index (κ1) is 4.29. The summed E-state index contributed by atoms with van der Waals surface area (Å²) in [6.07, 6.45) is 0. The molecule has 0 atom stereocenters. The van der Waals surface area contributed by atoms with Gasteiger partial charge in [0.25, 0.3) is 0 Å². The van der Waals surface area contributed by atoms with Crippen LogP contribution in [0.1, 0.15) is 0 Å². The Balaban J connectivity index is 2.32. The highest BCUT2D eigenvalue weighted by Crippen LogP contribution is 1.69. The highest BCUT2D eigenvalue weighted by molar-refractivity contribution is 6.94. The molecular weight excluding hydrogens is 94.2 g/mol. The van der Waals surface area contributed by atoms with E-state index in [1.54, 1.807) is 0 Å². The summed E-state index contributed by atoms with van der Waals surface area (Å²) < 4.78 is 21.1. The van der Waals surface area contributed by atoms with Gasteiger partial charge in [0.2, 0.25) is 0 Å². The van der Waals surface area contributed by atoms with Crippen LogP contribution in [0.3, 0.4) is 0 Å². The quantitative estimate of drug-likeness (QED) is 0.269. The standard InChI is InChI=1S/F2H4Si2/c1-4(2)3/h4H,3H3. The Morgan fingerprint density at radius 3 is 1.50 bits per heavy atom. The zero-order chi connectivity index (χ0) is 3.58. The highest BCUT2D eigenvalue weighted by Gasteiger charge is 1.87. The van der Waals surface area contributed by atoms with Crippen molar-refractivity contribution in [1.29, 1.82) is 0 Å². The maximum absolute atomic E-state index is 10.5. The molecule has 0 aromatic carbocycles. The minimum Gasteiger partial charge on any atom is -0.281 e. The minimum atomic E-state index is -3.00. The molecule has 0 unspecified atom stereocenters. The van der Waals surface area contributed by atoms with E-state index in [2.05, 4.69) is 0 Å². The number of rotatable bonds is 0. The van der Waals surface area contributed by atoms with Crippen LogP contribution < -0.4 is 0 Å². The first-order valence-corrected chi connectivity index (χ1v) is 6.51. The first-order valence-electron chi connectivity index (χ1n) is 1.01. The fraction of sp³-hybridized carbons (Fsp3) is 0. The van der Waals surface area contributed by atoms with Gasteiger partial charge in [-0.1, -0.05) is 0 Å². The van der Waals surface area contributed by atoms with Crippen molar-refractivity contribution in [2.75, 3.05) is 0 Å². The Labute approximate surface area is 28.0 Å². The Kier molecular flexibility index (Phi) is 1.71. The van der Waals surface area contributed by atoms with E-state index in [0.29, 0.717) is 0 Å². The summed E-state index contributed by atoms with van der Waals surface area (Å²) in [4.78, 5) is 0. The smallest absolute Gasteiger partial charge is 0.281 e. The molecule has 0 aliphatic carbocycles. The lowest BCUT2D eigenvalue weighted by Crippen LogP contribution is -1.90. The van der Waals surface area contributed by atoms with E-state index in [1.165, 1.54) is 0 Å². The van der Waals surface area contributed by atoms with E-state index < -0.39 is 8.98 Å². The van der Waals surface area contributed by atoms with Crippen LogP contribution in [-0.4, -0.2) is 18.7 Å². The molecule has 0 bridgehead atoms. The summed E-state index contributed by atoms with van der Waals surface area (Å²) in [5.41, 5.74) is 0. The fourth-order valence-electron chi connectivity index (χ4n) is 0. The molecule has 0 radical (unpaired) electrons. The third-order valence-electron chi connectivity index (χ3n) is 0. The number of hydrogen-bond acceptors (Lipinski definition) is 0. The monoisotopic (exact) mass is 98.0 g/mol. The van der Waals surface area contributed by atoms with Crippen molar-refractivity contribution in [3.8, 4) is 0 Å². The topological polar surface area (TPSA) is 0 Å². The van der Waals surface area contributed by atoms with E-state index >= 15 is 0 Å². The van der Waals surface area contributed by atoms with E-state index in [1.807, 2.05) is 0 Å². The van der Waals surface area contributed by atoms with Gasteiger partial charge in [-0.05, 0) is 0 Å². The van der Waals surface area contributed by atoms with Crippen molar-refractivity contribution >= 4 is 18.7 Å². The van der Waals surface area contributed by atoms with Crippen LogP contribution in [0.2, 0.25) is 0 Å². The minimum absolute atomic E-state index is 0.154. The molecule has 0 N–H and O–H groups in total. The predicted molar refractivity (Wildman–Crippen MR) is 19.3 cm³/mol. The normalized spacial score (nSPS) is 9.75. The van der Waals surface area contributed by atoms with Gasteiger partial charge in [0.15, 0.2) is 0 Å². The van der Waals surface area contributed by atoms with Gasteiger partial charge in [0.1, 0.15) is 0 Å². The van der Waals surface area contributed by atoms with E-state index in [4.69, 9.17) is 0 Å². The van der Waals surface area contributed by atoms with Crippen molar-refractivity contribution in [3.05, 3.63) is 0 Å². The molecule has 0 aliphatic heterocycles. The van der Waals surface area contributed by atoms with Crippen molar-refractivity contribution in [3.63, 3.8) is 0 Å². The molecule has 0 heterocycles. The molecule has 0 aromatic rings. The molecule has 0 aromatic heterocycles. The lowest BCUT2D eigenvalue weighted by atomic mass is 18.8. The van der Waals surface area contributed by atoms with Gasteiger partial charge in [-0.25, -0.2) is 0 Å². The maximum Gasteiger partial charge on any atom is 0.380 e. The molecule has 0 nitrogen and oxygen atoms in total. The number of hydrogen-bond donors (Lipinski definition) is 0. The molecule has 0 rings (SSSR count). The summed E-state index contributed by atoms with van der Waals surface area (Å²) in [6.45, 7) is 0. The van der Waals surface area contributed by atoms with Crippen LogP contribution in [0, 0.1) is 0 Å². The third kappa shape index (κ3) is 44.5. The molecule has 4 heteroatoms. The zero-order valence-electron chi connectivity index (χ0n) is 2.33. The number of halogens is 2. The maximum atomic E-state index is 10.5. The van der Waals surface area contributed by atoms with E-state index in [9.17, 15) is 8.22 Å². The van der Waals surface area contributed by atoms with Gasteiger partial charge in [0.05, 0.1) is 9.76 Å². The lowest BCUT2D eigenvalue weighted by Gasteiger charge is -1.65. The van der Waals surface area contributed by atoms with Gasteiger partial charge in [0, 0.05) is 0 Å². The molecule has 0 saturated heterocycles. The van der Waals surface area contributed by atoms with Gasteiger partial charge in [-0.3, -0.25) is 8.22 Å². The van der Waals surface area contributed by atoms with Crippen LogP contribution in [0.15, 0.2) is 0 Å². The highest BCUT2D eigenvalue weighted by atomic mass is 29.2. The van der Waals surface area contributed by atoms with Crippen molar-refractivity contribution in [2.24, 2.45) is 0 Å². The molecule has 0 spiro atoms. The second kappa shape index (κ2) is 1.60. The van der Waals surface area contributed by atoms with Crippen molar-refractivity contribution in [2.45, 2.75) is 0 Å². The molecular formula is H4F2Si2. The summed E-state index contributed by atoms with van der Waals surface area (Å²) >= 11 is 0. The largest absolute Gasteiger partial charge is 0.380 e. The predicted octanol–water partition coefficient (Wildman–Crippen LogP) is -0.992. The summed E-state index contributed by atoms with van der Waals surface area (Å²) in [5.74, 6) is 0. The van der Waals surface area contributed by atoms with Crippen LogP contribution in [0.5, 0.6) is 0 Å². The van der Waals surface area contributed by atoms with Crippen molar-refractivity contribution in [1.82, 2.24) is 0 Å². The van der Waals surface area contributed by atoms with Gasteiger partial charge in [-0.2, -0.15) is 0 Å². The van der Waals surface area contributed by atoms with Gasteiger partial charge < -0.3 is 0 Å². The molecule has 0 aliphatic rings. The van der Waals surface area contributed by atoms with Crippen molar-refractivity contribution < 1.29 is 8.22 Å². The fourth-order valence-corrected chi connectivity index (χ4v) is 0. The van der Waals surface area contributed by atoms with Crippen LogP contribution in [0.25, 0.3) is 0 Å². The van der Waals surface area contributed by atoms with Crippen LogP contribution >= 0.6 is 0 Å². The Bertz CT molecular complexity index is 8.75. The Hall–Kier alpha value is 0.294. The second-order valence-electron chi connectivity index (χ2n) is 0.519. The van der Waals surface area contributed by atoms with Gasteiger partial charge in [-0.15, -0.1) is 0 Å². The SMILES string of the molecule is F[SiH](F)[SiH3]. The third-order valence-corrected chi connectivity index (χ3v) is 0. The molecule has 4 heavy (non-hydrogen) atoms. The van der Waals surface area contributed by atoms with E-state index in [-0.39, 0.29) is 9.76 Å². The summed E-state index contributed by atoms with van der Waals surface area (Å²) in [5, 5.41) is 0. The summed E-state index contributed by atoms with van der Waals surface area (Å²) in [6, 6.07) is 0. The summed E-state index contributed by atoms with van der Waals surface area (Å²) in [7, 11) is -2.85. The Morgan fingerprint density at radius 2 is 1.50 bits per heavy atom. The van der Waals surface area contributed by atoms with Crippen LogP contribution in [-0.2, 0) is 0 Å². The second-order valence-corrected chi connectivity index (χ2v) is 4.18. The van der Waals surface area contributed by atoms with Gasteiger partial charge >= 0.3 is 8.98 Å². The first-order chi connectivity index (χ1) is 1.73. The molecule has 0 saturated carbocycles. The molecule has 0 amide bonds. The Morgan fingerprint density at radius 1 is 1.50 bits per heavy atom. The zero-order valence-corrected chi connectivity index (χ0v) is 5.49. The average Bonchev–Trinajstić information content (AvgIpc) is 0.811. The molecule has 0 fully saturated rings.